The van der Waals surface area contributed by atoms with Crippen LogP contribution in [0.4, 0.5) is 11.4 Å². The third kappa shape index (κ3) is 5.17. The summed E-state index contributed by atoms with van der Waals surface area (Å²) >= 11 is 0. The molecule has 0 aliphatic rings. The first-order valence-electron chi connectivity index (χ1n) is 6.57. The smallest absolute Gasteiger partial charge is 0.224 e. The van der Waals surface area contributed by atoms with Crippen LogP contribution in [-0.4, -0.2) is 25.5 Å². The molecule has 0 saturated carbocycles. The van der Waals surface area contributed by atoms with Crippen molar-refractivity contribution < 1.29 is 14.3 Å². The molecule has 110 valence electrons. The van der Waals surface area contributed by atoms with E-state index in [2.05, 4.69) is 10.6 Å². The third-order valence-corrected chi connectivity index (χ3v) is 2.69. The summed E-state index contributed by atoms with van der Waals surface area (Å²) in [4.78, 5) is 23.1. The number of nitrogens with two attached hydrogens (primary N) is 1. The minimum atomic E-state index is -0.253. The lowest BCUT2D eigenvalue weighted by atomic mass is 10.2. The van der Waals surface area contributed by atoms with E-state index in [0.29, 0.717) is 23.7 Å². The highest BCUT2D eigenvalue weighted by Crippen LogP contribution is 2.24. The molecule has 0 spiro atoms. The number of methoxy groups -OCH3 is 1. The van der Waals surface area contributed by atoms with Crippen LogP contribution in [0.15, 0.2) is 18.2 Å². The first-order valence-corrected chi connectivity index (χ1v) is 6.57. The predicted octanol–water partition coefficient (Wildman–Crippen LogP) is 1.52. The molecule has 0 saturated heterocycles. The van der Waals surface area contributed by atoms with Crippen molar-refractivity contribution in [1.29, 1.82) is 0 Å². The zero-order valence-electron chi connectivity index (χ0n) is 11.9. The van der Waals surface area contributed by atoms with Gasteiger partial charge in [-0.2, -0.15) is 0 Å². The minimum Gasteiger partial charge on any atom is -0.497 e. The number of nitrogen functional groups attached to an aromatic ring is 1. The first kappa shape index (κ1) is 15.8. The molecule has 1 aromatic carbocycles. The molecule has 0 heterocycles. The number of carbonyl (C=O) groups excluding carboxylic acids is 2. The molecule has 1 aromatic rings. The molecule has 2 amide bonds. The average Bonchev–Trinajstić information content (AvgIpc) is 2.45. The number of nitrogens with one attached hydrogen (secondary N) is 2. The van der Waals surface area contributed by atoms with E-state index in [1.807, 2.05) is 6.92 Å². The summed E-state index contributed by atoms with van der Waals surface area (Å²) in [5.41, 5.74) is 6.71. The van der Waals surface area contributed by atoms with Crippen molar-refractivity contribution in [2.45, 2.75) is 26.2 Å². The van der Waals surface area contributed by atoms with Crippen LogP contribution in [0.25, 0.3) is 0 Å². The number of rotatable bonds is 7. The molecule has 0 bridgehead atoms. The van der Waals surface area contributed by atoms with Gasteiger partial charge in [0.2, 0.25) is 11.8 Å². The van der Waals surface area contributed by atoms with Gasteiger partial charge in [-0.05, 0) is 18.6 Å². The molecule has 20 heavy (non-hydrogen) atoms. The Hall–Kier alpha value is -2.24. The Labute approximate surface area is 118 Å². The van der Waals surface area contributed by atoms with Gasteiger partial charge in [0.15, 0.2) is 0 Å². The number of ether oxygens (including phenoxy) is 1. The summed E-state index contributed by atoms with van der Waals surface area (Å²) in [6, 6.07) is 5.01. The zero-order chi connectivity index (χ0) is 15.0. The Bertz CT molecular complexity index is 475. The van der Waals surface area contributed by atoms with Crippen LogP contribution >= 0.6 is 0 Å². The molecular formula is C14H21N3O3. The maximum atomic E-state index is 11.8. The van der Waals surface area contributed by atoms with Gasteiger partial charge in [-0.1, -0.05) is 6.92 Å². The summed E-state index contributed by atoms with van der Waals surface area (Å²) in [5, 5.41) is 5.39. The summed E-state index contributed by atoms with van der Waals surface area (Å²) in [5.74, 6) is 0.229. The van der Waals surface area contributed by atoms with Gasteiger partial charge >= 0.3 is 0 Å². The van der Waals surface area contributed by atoms with Gasteiger partial charge in [-0.3, -0.25) is 9.59 Å². The van der Waals surface area contributed by atoms with Crippen LogP contribution < -0.4 is 21.1 Å². The van der Waals surface area contributed by atoms with Crippen molar-refractivity contribution >= 4 is 23.2 Å². The number of amides is 2. The number of anilines is 2. The quantitative estimate of drug-likeness (QED) is 0.660. The molecule has 0 atom stereocenters. The summed E-state index contributed by atoms with van der Waals surface area (Å²) in [6.45, 7) is 2.60. The predicted molar refractivity (Wildman–Crippen MR) is 78.6 cm³/mol. The van der Waals surface area contributed by atoms with E-state index in [0.717, 1.165) is 6.42 Å². The second-order valence-corrected chi connectivity index (χ2v) is 4.35. The van der Waals surface area contributed by atoms with Gasteiger partial charge in [0, 0.05) is 25.5 Å². The summed E-state index contributed by atoms with van der Waals surface area (Å²) < 4.78 is 5.06. The van der Waals surface area contributed by atoms with Crippen molar-refractivity contribution in [2.24, 2.45) is 0 Å². The number of hydrogen-bond donors (Lipinski definition) is 3. The average molecular weight is 279 g/mol. The molecule has 0 radical (unpaired) electrons. The van der Waals surface area contributed by atoms with Crippen molar-refractivity contribution in [2.75, 3.05) is 24.7 Å². The Morgan fingerprint density at radius 2 is 1.95 bits per heavy atom. The third-order valence-electron chi connectivity index (χ3n) is 2.69. The largest absolute Gasteiger partial charge is 0.497 e. The van der Waals surface area contributed by atoms with Crippen molar-refractivity contribution in [1.82, 2.24) is 5.32 Å². The van der Waals surface area contributed by atoms with Gasteiger partial charge in [0.1, 0.15) is 5.75 Å². The SMILES string of the molecule is CCCNC(=O)CCC(=O)Nc1cc(OC)ccc1N. The van der Waals surface area contributed by atoms with Crippen molar-refractivity contribution in [3.05, 3.63) is 18.2 Å². The van der Waals surface area contributed by atoms with Crippen LogP contribution in [0.2, 0.25) is 0 Å². The molecule has 1 rings (SSSR count). The minimum absolute atomic E-state index is 0.117. The maximum absolute atomic E-state index is 11.8. The number of hydrogen-bond acceptors (Lipinski definition) is 4. The fraction of sp³-hybridized carbons (Fsp3) is 0.429. The van der Waals surface area contributed by atoms with Gasteiger partial charge in [0.05, 0.1) is 18.5 Å². The molecule has 6 nitrogen and oxygen atoms in total. The van der Waals surface area contributed by atoms with Crippen molar-refractivity contribution in [3.63, 3.8) is 0 Å². The normalized spacial score (nSPS) is 9.90. The van der Waals surface area contributed by atoms with Gasteiger partial charge in [-0.15, -0.1) is 0 Å². The van der Waals surface area contributed by atoms with Gasteiger partial charge in [0.25, 0.3) is 0 Å². The molecule has 0 aliphatic heterocycles. The number of benzene rings is 1. The lowest BCUT2D eigenvalue weighted by Gasteiger charge is -2.10. The highest BCUT2D eigenvalue weighted by atomic mass is 16.5. The maximum Gasteiger partial charge on any atom is 0.224 e. The fourth-order valence-corrected chi connectivity index (χ4v) is 1.56. The molecule has 0 fully saturated rings. The molecule has 0 aliphatic carbocycles. The van der Waals surface area contributed by atoms with E-state index >= 15 is 0 Å². The van der Waals surface area contributed by atoms with Crippen LogP contribution in [0.3, 0.4) is 0 Å². The van der Waals surface area contributed by atoms with Crippen molar-refractivity contribution in [3.8, 4) is 5.75 Å². The van der Waals surface area contributed by atoms with Crippen LogP contribution in [0, 0.1) is 0 Å². The van der Waals surface area contributed by atoms with Crippen LogP contribution in [-0.2, 0) is 9.59 Å². The molecule has 0 unspecified atom stereocenters. The lowest BCUT2D eigenvalue weighted by Crippen LogP contribution is -2.25. The highest BCUT2D eigenvalue weighted by Gasteiger charge is 2.09. The second-order valence-electron chi connectivity index (χ2n) is 4.35. The van der Waals surface area contributed by atoms with Gasteiger partial charge < -0.3 is 21.1 Å². The number of carbonyl (C=O) groups is 2. The highest BCUT2D eigenvalue weighted by molar-refractivity contribution is 5.95. The first-order chi connectivity index (χ1) is 9.56. The van der Waals surface area contributed by atoms with E-state index in [1.165, 1.54) is 7.11 Å². The Morgan fingerprint density at radius 3 is 2.60 bits per heavy atom. The zero-order valence-corrected chi connectivity index (χ0v) is 11.9. The van der Waals surface area contributed by atoms with Crippen LogP contribution in [0.5, 0.6) is 5.75 Å². The van der Waals surface area contributed by atoms with Gasteiger partial charge in [-0.25, -0.2) is 0 Å². The van der Waals surface area contributed by atoms with E-state index in [4.69, 9.17) is 10.5 Å². The standard InChI is InChI=1S/C14H21N3O3/c1-3-8-16-13(18)6-7-14(19)17-12-9-10(20-2)4-5-11(12)15/h4-5,9H,3,6-8,15H2,1-2H3,(H,16,18)(H,17,19). The van der Waals surface area contributed by atoms with E-state index in [9.17, 15) is 9.59 Å². The monoisotopic (exact) mass is 279 g/mol. The topological polar surface area (TPSA) is 93.5 Å². The Balaban J connectivity index is 2.48. The van der Waals surface area contributed by atoms with E-state index < -0.39 is 0 Å². The fourth-order valence-electron chi connectivity index (χ4n) is 1.56. The molecule has 4 N–H and O–H groups in total. The molecular weight excluding hydrogens is 258 g/mol. The van der Waals surface area contributed by atoms with E-state index in [-0.39, 0.29) is 24.7 Å². The van der Waals surface area contributed by atoms with Crippen LogP contribution in [0.1, 0.15) is 26.2 Å². The summed E-state index contributed by atoms with van der Waals surface area (Å²) in [6.07, 6.45) is 1.15. The summed E-state index contributed by atoms with van der Waals surface area (Å²) in [7, 11) is 1.54. The molecule has 6 heteroatoms. The Morgan fingerprint density at radius 1 is 1.25 bits per heavy atom. The van der Waals surface area contributed by atoms with E-state index in [1.54, 1.807) is 18.2 Å². The second kappa shape index (κ2) is 8.04. The Kier molecular flexibility index (Phi) is 6.36. The lowest BCUT2D eigenvalue weighted by molar-refractivity contribution is -0.124. The molecule has 0 aromatic heterocycles.